The van der Waals surface area contributed by atoms with Gasteiger partial charge in [-0.05, 0) is 38.1 Å². The van der Waals surface area contributed by atoms with Gasteiger partial charge in [0.25, 0.3) is 0 Å². The molecule has 1 N–H and O–H groups in total. The minimum Gasteiger partial charge on any atom is -0.491 e. The molecule has 4 nitrogen and oxygen atoms in total. The van der Waals surface area contributed by atoms with Crippen LogP contribution in [0.15, 0.2) is 28.7 Å². The first-order valence-corrected chi connectivity index (χ1v) is 7.76. The van der Waals surface area contributed by atoms with Gasteiger partial charge in [-0.25, -0.2) is 0 Å². The second-order valence-corrected chi connectivity index (χ2v) is 6.31. The fourth-order valence-electron chi connectivity index (χ4n) is 2.51. The van der Waals surface area contributed by atoms with E-state index >= 15 is 0 Å². The average molecular weight is 344 g/mol. The SMILES string of the molecule is CC1CN(CC(O)COc2ccc(Br)cc2)CC(C)O1. The molecule has 0 saturated carbocycles. The third kappa shape index (κ3) is 5.05. The maximum atomic E-state index is 10.1. The van der Waals surface area contributed by atoms with E-state index in [9.17, 15) is 5.11 Å². The second-order valence-electron chi connectivity index (χ2n) is 5.39. The summed E-state index contributed by atoms with van der Waals surface area (Å²) in [5.74, 6) is 0.774. The number of aliphatic hydroxyl groups excluding tert-OH is 1. The summed E-state index contributed by atoms with van der Waals surface area (Å²) in [6, 6.07) is 7.62. The molecular formula is C15H22BrNO3. The molecule has 20 heavy (non-hydrogen) atoms. The van der Waals surface area contributed by atoms with E-state index in [1.807, 2.05) is 24.3 Å². The number of hydrogen-bond acceptors (Lipinski definition) is 4. The predicted octanol–water partition coefficient (Wildman–Crippen LogP) is 2.30. The van der Waals surface area contributed by atoms with Crippen LogP contribution in [0.5, 0.6) is 5.75 Å². The summed E-state index contributed by atoms with van der Waals surface area (Å²) in [5.41, 5.74) is 0. The fraction of sp³-hybridized carbons (Fsp3) is 0.600. The number of aliphatic hydroxyl groups is 1. The minimum absolute atomic E-state index is 0.221. The van der Waals surface area contributed by atoms with E-state index < -0.39 is 6.10 Å². The Morgan fingerprint density at radius 1 is 1.30 bits per heavy atom. The third-order valence-corrected chi connectivity index (χ3v) is 3.75. The van der Waals surface area contributed by atoms with Crippen molar-refractivity contribution in [1.29, 1.82) is 0 Å². The molecule has 0 amide bonds. The van der Waals surface area contributed by atoms with Crippen LogP contribution in [0.2, 0.25) is 0 Å². The molecule has 0 radical (unpaired) electrons. The van der Waals surface area contributed by atoms with Crippen molar-refractivity contribution < 1.29 is 14.6 Å². The van der Waals surface area contributed by atoms with Crippen LogP contribution in [0.25, 0.3) is 0 Å². The zero-order valence-corrected chi connectivity index (χ0v) is 13.5. The summed E-state index contributed by atoms with van der Waals surface area (Å²) in [4.78, 5) is 2.23. The normalized spacial score (nSPS) is 25.4. The molecule has 0 aliphatic carbocycles. The van der Waals surface area contributed by atoms with Crippen LogP contribution in [-0.2, 0) is 4.74 Å². The van der Waals surface area contributed by atoms with Gasteiger partial charge in [-0.2, -0.15) is 0 Å². The first kappa shape index (κ1) is 15.8. The number of ether oxygens (including phenoxy) is 2. The van der Waals surface area contributed by atoms with Gasteiger partial charge in [-0.15, -0.1) is 0 Å². The van der Waals surface area contributed by atoms with E-state index in [0.717, 1.165) is 23.3 Å². The largest absolute Gasteiger partial charge is 0.491 e. The number of hydrogen-bond donors (Lipinski definition) is 1. The highest BCUT2D eigenvalue weighted by Crippen LogP contribution is 2.16. The highest BCUT2D eigenvalue weighted by molar-refractivity contribution is 9.10. The molecule has 1 saturated heterocycles. The van der Waals surface area contributed by atoms with Crippen molar-refractivity contribution in [2.75, 3.05) is 26.2 Å². The lowest BCUT2D eigenvalue weighted by atomic mass is 10.2. The van der Waals surface area contributed by atoms with Gasteiger partial charge in [0, 0.05) is 24.1 Å². The Bertz CT molecular complexity index is 402. The smallest absolute Gasteiger partial charge is 0.119 e. The van der Waals surface area contributed by atoms with E-state index in [1.54, 1.807) is 0 Å². The molecule has 1 aliphatic rings. The maximum Gasteiger partial charge on any atom is 0.119 e. The Morgan fingerprint density at radius 3 is 2.50 bits per heavy atom. The van der Waals surface area contributed by atoms with Crippen molar-refractivity contribution in [3.63, 3.8) is 0 Å². The van der Waals surface area contributed by atoms with Gasteiger partial charge >= 0.3 is 0 Å². The lowest BCUT2D eigenvalue weighted by Crippen LogP contribution is -2.48. The first-order valence-electron chi connectivity index (χ1n) is 6.97. The van der Waals surface area contributed by atoms with Gasteiger partial charge in [0.1, 0.15) is 18.5 Å². The lowest BCUT2D eigenvalue weighted by Gasteiger charge is -2.36. The summed E-state index contributed by atoms with van der Waals surface area (Å²) < 4.78 is 12.3. The Kier molecular flexibility index (Phi) is 5.84. The molecule has 1 aromatic rings. The summed E-state index contributed by atoms with van der Waals surface area (Å²) >= 11 is 3.38. The highest BCUT2D eigenvalue weighted by atomic mass is 79.9. The molecule has 1 aromatic carbocycles. The van der Waals surface area contributed by atoms with E-state index in [4.69, 9.17) is 9.47 Å². The molecule has 5 heteroatoms. The van der Waals surface area contributed by atoms with E-state index in [2.05, 4.69) is 34.7 Å². The lowest BCUT2D eigenvalue weighted by molar-refractivity contribution is -0.0786. The van der Waals surface area contributed by atoms with Gasteiger partial charge in [-0.1, -0.05) is 15.9 Å². The van der Waals surface area contributed by atoms with Crippen LogP contribution >= 0.6 is 15.9 Å². The average Bonchev–Trinajstić information content (AvgIpc) is 2.37. The minimum atomic E-state index is -0.490. The topological polar surface area (TPSA) is 41.9 Å². The molecule has 0 bridgehead atoms. The van der Waals surface area contributed by atoms with Crippen LogP contribution in [0, 0.1) is 0 Å². The van der Waals surface area contributed by atoms with Crippen LogP contribution in [0.1, 0.15) is 13.8 Å². The zero-order valence-electron chi connectivity index (χ0n) is 12.0. The summed E-state index contributed by atoms with van der Waals surface area (Å²) in [6.07, 6.45) is -0.0483. The monoisotopic (exact) mass is 343 g/mol. The third-order valence-electron chi connectivity index (χ3n) is 3.22. The first-order chi connectivity index (χ1) is 9.52. The van der Waals surface area contributed by atoms with E-state index in [0.29, 0.717) is 13.2 Å². The van der Waals surface area contributed by atoms with Crippen molar-refractivity contribution >= 4 is 15.9 Å². The van der Waals surface area contributed by atoms with Crippen LogP contribution < -0.4 is 4.74 Å². The Balaban J connectivity index is 1.74. The molecule has 0 spiro atoms. The fourth-order valence-corrected chi connectivity index (χ4v) is 2.77. The molecule has 2 rings (SSSR count). The van der Waals surface area contributed by atoms with Crippen molar-refractivity contribution in [1.82, 2.24) is 4.90 Å². The molecule has 0 aromatic heterocycles. The predicted molar refractivity (Wildman–Crippen MR) is 82.1 cm³/mol. The zero-order chi connectivity index (χ0) is 14.5. The van der Waals surface area contributed by atoms with Gasteiger partial charge < -0.3 is 14.6 Å². The number of β-amino-alcohol motifs (C(OH)–C–C–N with tert-alkyl or cyclic N) is 1. The van der Waals surface area contributed by atoms with Crippen molar-refractivity contribution in [3.8, 4) is 5.75 Å². The molecule has 1 heterocycles. The quantitative estimate of drug-likeness (QED) is 0.890. The van der Waals surface area contributed by atoms with Crippen LogP contribution in [-0.4, -0.2) is 54.6 Å². The maximum absolute atomic E-state index is 10.1. The number of benzene rings is 1. The van der Waals surface area contributed by atoms with Crippen LogP contribution in [0.3, 0.4) is 0 Å². The number of morpholine rings is 1. The molecular weight excluding hydrogens is 322 g/mol. The Hall–Kier alpha value is -0.620. The van der Waals surface area contributed by atoms with Crippen molar-refractivity contribution in [3.05, 3.63) is 28.7 Å². The summed E-state index contributed by atoms with van der Waals surface area (Å²) in [5, 5.41) is 10.1. The second kappa shape index (κ2) is 7.41. The molecule has 1 aliphatic heterocycles. The van der Waals surface area contributed by atoms with E-state index in [-0.39, 0.29) is 12.2 Å². The van der Waals surface area contributed by atoms with Gasteiger partial charge in [-0.3, -0.25) is 4.90 Å². The number of nitrogens with zero attached hydrogens (tertiary/aromatic N) is 1. The standard InChI is InChI=1S/C15H22BrNO3/c1-11-7-17(8-12(2)20-11)9-14(18)10-19-15-5-3-13(16)4-6-15/h3-6,11-12,14,18H,7-10H2,1-2H3. The van der Waals surface area contributed by atoms with Gasteiger partial charge in [0.2, 0.25) is 0 Å². The van der Waals surface area contributed by atoms with Gasteiger partial charge in [0.05, 0.1) is 12.2 Å². The Labute approximate surface area is 128 Å². The Morgan fingerprint density at radius 2 is 1.90 bits per heavy atom. The molecule has 112 valence electrons. The highest BCUT2D eigenvalue weighted by Gasteiger charge is 2.23. The summed E-state index contributed by atoms with van der Waals surface area (Å²) in [6.45, 7) is 6.77. The number of halogens is 1. The van der Waals surface area contributed by atoms with Crippen LogP contribution in [0.4, 0.5) is 0 Å². The molecule has 3 unspecified atom stereocenters. The van der Waals surface area contributed by atoms with E-state index in [1.165, 1.54) is 0 Å². The van der Waals surface area contributed by atoms with Gasteiger partial charge in [0.15, 0.2) is 0 Å². The molecule has 1 fully saturated rings. The summed E-state index contributed by atoms with van der Waals surface area (Å²) in [7, 11) is 0. The number of rotatable bonds is 5. The molecule has 3 atom stereocenters. The van der Waals surface area contributed by atoms with Crippen molar-refractivity contribution in [2.45, 2.75) is 32.2 Å². The van der Waals surface area contributed by atoms with Crippen molar-refractivity contribution in [2.24, 2.45) is 0 Å².